The van der Waals surface area contributed by atoms with Crippen molar-refractivity contribution in [1.29, 1.82) is 0 Å². The van der Waals surface area contributed by atoms with Gasteiger partial charge >= 0.3 is 0 Å². The number of nitrogens with one attached hydrogen (secondary N) is 1. The molecule has 2 unspecified atom stereocenters. The maximum absolute atomic E-state index is 11.7. The number of aliphatic hydroxyl groups is 1. The molecule has 15 heavy (non-hydrogen) atoms. The van der Waals surface area contributed by atoms with Crippen molar-refractivity contribution < 1.29 is 9.90 Å². The van der Waals surface area contributed by atoms with Crippen molar-refractivity contribution in [2.45, 2.75) is 40.0 Å². The zero-order chi connectivity index (χ0) is 11.5. The van der Waals surface area contributed by atoms with Gasteiger partial charge in [0.25, 0.3) is 0 Å². The quantitative estimate of drug-likeness (QED) is 0.703. The molecule has 0 bridgehead atoms. The minimum absolute atomic E-state index is 0.191. The monoisotopic (exact) mass is 213 g/mol. The van der Waals surface area contributed by atoms with Gasteiger partial charge in [0.1, 0.15) is 0 Å². The van der Waals surface area contributed by atoms with Crippen LogP contribution in [0.3, 0.4) is 0 Å². The van der Waals surface area contributed by atoms with Gasteiger partial charge in [0.15, 0.2) is 0 Å². The summed E-state index contributed by atoms with van der Waals surface area (Å²) in [5, 5.41) is 11.8. The lowest BCUT2D eigenvalue weighted by Gasteiger charge is -2.14. The third-order valence-electron chi connectivity index (χ3n) is 3.51. The van der Waals surface area contributed by atoms with E-state index in [9.17, 15) is 4.79 Å². The Morgan fingerprint density at radius 2 is 2.20 bits per heavy atom. The average molecular weight is 213 g/mol. The zero-order valence-corrected chi connectivity index (χ0v) is 10.0. The summed E-state index contributed by atoms with van der Waals surface area (Å²) in [6.07, 6.45) is 2.80. The smallest absolute Gasteiger partial charge is 0.223 e. The molecule has 0 heterocycles. The van der Waals surface area contributed by atoms with Crippen molar-refractivity contribution in [2.75, 3.05) is 13.2 Å². The lowest BCUT2D eigenvalue weighted by molar-refractivity contribution is -0.123. The number of rotatable bonds is 6. The highest BCUT2D eigenvalue weighted by Crippen LogP contribution is 2.51. The first kappa shape index (κ1) is 12.5. The molecule has 2 N–H and O–H groups in total. The molecule has 88 valence electrons. The Bertz CT molecular complexity index is 226. The van der Waals surface area contributed by atoms with E-state index in [1.165, 1.54) is 0 Å². The highest BCUT2D eigenvalue weighted by atomic mass is 16.3. The van der Waals surface area contributed by atoms with Gasteiger partial charge in [-0.1, -0.05) is 27.2 Å². The van der Waals surface area contributed by atoms with Gasteiger partial charge in [-0.3, -0.25) is 4.79 Å². The number of aliphatic hydroxyl groups excluding tert-OH is 1. The summed E-state index contributed by atoms with van der Waals surface area (Å²) in [5.41, 5.74) is 0.211. The highest BCUT2D eigenvalue weighted by molar-refractivity contribution is 5.82. The fourth-order valence-corrected chi connectivity index (χ4v) is 1.92. The van der Waals surface area contributed by atoms with Crippen LogP contribution in [0.2, 0.25) is 0 Å². The third kappa shape index (κ3) is 3.49. The largest absolute Gasteiger partial charge is 0.396 e. The van der Waals surface area contributed by atoms with Gasteiger partial charge in [-0.05, 0) is 24.2 Å². The third-order valence-corrected chi connectivity index (χ3v) is 3.51. The first-order valence-corrected chi connectivity index (χ1v) is 5.89. The molecule has 0 aromatic heterocycles. The van der Waals surface area contributed by atoms with Crippen LogP contribution in [0.4, 0.5) is 0 Å². The molecule has 1 amide bonds. The van der Waals surface area contributed by atoms with E-state index in [0.717, 1.165) is 19.3 Å². The van der Waals surface area contributed by atoms with Gasteiger partial charge in [0, 0.05) is 19.1 Å². The number of hydrogen-bond acceptors (Lipinski definition) is 2. The first-order valence-electron chi connectivity index (χ1n) is 5.89. The Labute approximate surface area is 92.3 Å². The van der Waals surface area contributed by atoms with Crippen LogP contribution in [0, 0.1) is 17.3 Å². The van der Waals surface area contributed by atoms with Crippen LogP contribution < -0.4 is 5.32 Å². The van der Waals surface area contributed by atoms with Crippen LogP contribution in [0.1, 0.15) is 40.0 Å². The molecule has 1 fully saturated rings. The van der Waals surface area contributed by atoms with E-state index in [4.69, 9.17) is 5.11 Å². The Kier molecular flexibility index (Phi) is 4.14. The summed E-state index contributed by atoms with van der Waals surface area (Å²) in [4.78, 5) is 11.7. The zero-order valence-electron chi connectivity index (χ0n) is 10.0. The number of hydrogen-bond donors (Lipinski definition) is 2. The van der Waals surface area contributed by atoms with Crippen molar-refractivity contribution >= 4 is 5.91 Å². The fraction of sp³-hybridized carbons (Fsp3) is 0.917. The van der Waals surface area contributed by atoms with E-state index in [1.807, 2.05) is 0 Å². The molecule has 0 aliphatic heterocycles. The van der Waals surface area contributed by atoms with Gasteiger partial charge in [-0.15, -0.1) is 0 Å². The molecule has 0 saturated heterocycles. The summed E-state index contributed by atoms with van der Waals surface area (Å²) in [7, 11) is 0. The summed E-state index contributed by atoms with van der Waals surface area (Å²) >= 11 is 0. The molecule has 0 radical (unpaired) electrons. The summed E-state index contributed by atoms with van der Waals surface area (Å²) < 4.78 is 0. The topological polar surface area (TPSA) is 49.3 Å². The van der Waals surface area contributed by atoms with Crippen molar-refractivity contribution in [3.8, 4) is 0 Å². The number of carbonyl (C=O) groups is 1. The maximum Gasteiger partial charge on any atom is 0.223 e. The van der Waals surface area contributed by atoms with Gasteiger partial charge in [-0.25, -0.2) is 0 Å². The standard InChI is InChI=1S/C12H23NO2/c1-4-9(5-6-14)8-13-11(15)10-7-12(10,2)3/h9-10,14H,4-8H2,1-3H3,(H,13,15). The summed E-state index contributed by atoms with van der Waals surface area (Å²) in [6.45, 7) is 7.27. The normalized spacial score (nSPS) is 24.7. The second kappa shape index (κ2) is 4.97. The fourth-order valence-electron chi connectivity index (χ4n) is 1.92. The molecular weight excluding hydrogens is 190 g/mol. The van der Waals surface area contributed by atoms with Crippen molar-refractivity contribution in [2.24, 2.45) is 17.3 Å². The Morgan fingerprint density at radius 3 is 2.60 bits per heavy atom. The lowest BCUT2D eigenvalue weighted by atomic mass is 10.0. The van der Waals surface area contributed by atoms with Crippen LogP contribution in [-0.2, 0) is 4.79 Å². The second-order valence-electron chi connectivity index (χ2n) is 5.28. The van der Waals surface area contributed by atoms with E-state index in [-0.39, 0.29) is 23.8 Å². The summed E-state index contributed by atoms with van der Waals surface area (Å²) in [6, 6.07) is 0. The lowest BCUT2D eigenvalue weighted by Crippen LogP contribution is -2.31. The van der Waals surface area contributed by atoms with Crippen LogP contribution in [0.25, 0.3) is 0 Å². The molecule has 2 atom stereocenters. The van der Waals surface area contributed by atoms with E-state index in [0.29, 0.717) is 12.5 Å². The first-order chi connectivity index (χ1) is 7.01. The molecular formula is C12H23NO2. The molecule has 0 aromatic carbocycles. The van der Waals surface area contributed by atoms with E-state index in [1.54, 1.807) is 0 Å². The Hall–Kier alpha value is -0.570. The van der Waals surface area contributed by atoms with Crippen LogP contribution in [0.5, 0.6) is 0 Å². The van der Waals surface area contributed by atoms with Crippen LogP contribution in [0.15, 0.2) is 0 Å². The van der Waals surface area contributed by atoms with Crippen molar-refractivity contribution in [3.05, 3.63) is 0 Å². The van der Waals surface area contributed by atoms with E-state index < -0.39 is 0 Å². The molecule has 1 aliphatic carbocycles. The molecule has 3 heteroatoms. The molecule has 3 nitrogen and oxygen atoms in total. The van der Waals surface area contributed by atoms with Gasteiger partial charge in [0.2, 0.25) is 5.91 Å². The number of amides is 1. The number of carbonyl (C=O) groups excluding carboxylic acids is 1. The SMILES string of the molecule is CCC(CCO)CNC(=O)C1CC1(C)C. The highest BCUT2D eigenvalue weighted by Gasteiger charge is 2.50. The van der Waals surface area contributed by atoms with Crippen LogP contribution in [-0.4, -0.2) is 24.2 Å². The van der Waals surface area contributed by atoms with E-state index >= 15 is 0 Å². The molecule has 1 aliphatic rings. The summed E-state index contributed by atoms with van der Waals surface area (Å²) in [5.74, 6) is 0.821. The molecule has 0 aromatic rings. The predicted octanol–water partition coefficient (Wildman–Crippen LogP) is 1.56. The minimum Gasteiger partial charge on any atom is -0.396 e. The van der Waals surface area contributed by atoms with Crippen molar-refractivity contribution in [3.63, 3.8) is 0 Å². The maximum atomic E-state index is 11.7. The molecule has 1 saturated carbocycles. The van der Waals surface area contributed by atoms with Crippen molar-refractivity contribution in [1.82, 2.24) is 5.32 Å². The van der Waals surface area contributed by atoms with E-state index in [2.05, 4.69) is 26.1 Å². The second-order valence-corrected chi connectivity index (χ2v) is 5.28. The van der Waals surface area contributed by atoms with Crippen LogP contribution >= 0.6 is 0 Å². The molecule has 0 spiro atoms. The Balaban J connectivity index is 2.22. The predicted molar refractivity (Wildman–Crippen MR) is 60.4 cm³/mol. The Morgan fingerprint density at radius 1 is 1.60 bits per heavy atom. The van der Waals surface area contributed by atoms with Gasteiger partial charge in [0.05, 0.1) is 0 Å². The van der Waals surface area contributed by atoms with Gasteiger partial charge < -0.3 is 10.4 Å². The minimum atomic E-state index is 0.191. The van der Waals surface area contributed by atoms with Gasteiger partial charge in [-0.2, -0.15) is 0 Å². The molecule has 1 rings (SSSR count). The average Bonchev–Trinajstić information content (AvgIpc) is 2.82.